The van der Waals surface area contributed by atoms with Crippen molar-refractivity contribution in [2.45, 2.75) is 64.7 Å². The summed E-state index contributed by atoms with van der Waals surface area (Å²) < 4.78 is 5.51. The Morgan fingerprint density at radius 3 is 1.87 bits per heavy atom. The fourth-order valence-electron chi connectivity index (χ4n) is 1.57. The van der Waals surface area contributed by atoms with Gasteiger partial charge in [-0.2, -0.15) is 0 Å². The molecular formula is C13H27O2. The summed E-state index contributed by atoms with van der Waals surface area (Å²) in [5.41, 5.74) is 0. The highest BCUT2D eigenvalue weighted by molar-refractivity contribution is 4.45. The first kappa shape index (κ1) is 14.9. The summed E-state index contributed by atoms with van der Waals surface area (Å²) in [6.45, 7) is 4.16. The van der Waals surface area contributed by atoms with E-state index < -0.39 is 0 Å². The molecule has 1 radical (unpaired) electrons. The summed E-state index contributed by atoms with van der Waals surface area (Å²) in [5, 5.41) is 10.2. The lowest BCUT2D eigenvalue weighted by Crippen LogP contribution is -1.96. The smallest absolute Gasteiger partial charge is 0.0822 e. The topological polar surface area (TPSA) is 29.1 Å². The van der Waals surface area contributed by atoms with Crippen LogP contribution in [0, 0.1) is 0 Å². The van der Waals surface area contributed by atoms with Gasteiger partial charge in [0.2, 0.25) is 0 Å². The second-order valence-corrected chi connectivity index (χ2v) is 4.14. The van der Waals surface area contributed by atoms with Gasteiger partial charge in [-0.15, -0.1) is 0 Å². The van der Waals surface area contributed by atoms with Crippen molar-refractivity contribution in [1.29, 1.82) is 0 Å². The zero-order valence-corrected chi connectivity index (χ0v) is 10.3. The van der Waals surface area contributed by atoms with Crippen LogP contribution in [0.1, 0.15) is 64.7 Å². The first-order chi connectivity index (χ1) is 7.41. The third-order valence-electron chi connectivity index (χ3n) is 2.58. The van der Waals surface area contributed by atoms with Gasteiger partial charge in [-0.25, -0.2) is 5.11 Å². The Balaban J connectivity index is 2.81. The average Bonchev–Trinajstić information content (AvgIpc) is 2.26. The van der Waals surface area contributed by atoms with E-state index in [2.05, 4.69) is 6.92 Å². The molecule has 0 heterocycles. The molecular weight excluding hydrogens is 188 g/mol. The van der Waals surface area contributed by atoms with Gasteiger partial charge in [0.1, 0.15) is 0 Å². The normalized spacial score (nSPS) is 10.8. The van der Waals surface area contributed by atoms with Gasteiger partial charge < -0.3 is 4.74 Å². The Morgan fingerprint density at radius 1 is 0.733 bits per heavy atom. The van der Waals surface area contributed by atoms with E-state index >= 15 is 0 Å². The maximum atomic E-state index is 10.2. The van der Waals surface area contributed by atoms with Gasteiger partial charge in [-0.05, 0) is 19.3 Å². The second-order valence-electron chi connectivity index (χ2n) is 4.14. The Hall–Kier alpha value is -0.0800. The van der Waals surface area contributed by atoms with Crippen molar-refractivity contribution in [1.82, 2.24) is 0 Å². The molecule has 0 N–H and O–H groups in total. The van der Waals surface area contributed by atoms with Crippen LogP contribution in [0.2, 0.25) is 0 Å². The highest BCUT2D eigenvalue weighted by Gasteiger charge is 1.92. The zero-order valence-electron chi connectivity index (χ0n) is 10.3. The van der Waals surface area contributed by atoms with Crippen molar-refractivity contribution >= 4 is 0 Å². The molecule has 0 aromatic rings. The lowest BCUT2D eigenvalue weighted by atomic mass is 10.1. The molecule has 0 unspecified atom stereocenters. The first-order valence-electron chi connectivity index (χ1n) is 6.57. The summed E-state index contributed by atoms with van der Waals surface area (Å²) in [7, 11) is 0. The lowest BCUT2D eigenvalue weighted by molar-refractivity contribution is 0.126. The lowest BCUT2D eigenvalue weighted by Gasteiger charge is -2.03. The van der Waals surface area contributed by atoms with Crippen LogP contribution in [0.15, 0.2) is 0 Å². The van der Waals surface area contributed by atoms with Crippen molar-refractivity contribution in [3.63, 3.8) is 0 Å². The number of hydrogen-bond acceptors (Lipinski definition) is 1. The van der Waals surface area contributed by atoms with Crippen LogP contribution in [0.4, 0.5) is 0 Å². The molecule has 0 aliphatic rings. The van der Waals surface area contributed by atoms with Crippen LogP contribution in [-0.4, -0.2) is 19.8 Å². The van der Waals surface area contributed by atoms with Crippen LogP contribution in [-0.2, 0) is 9.84 Å². The van der Waals surface area contributed by atoms with E-state index in [0.717, 1.165) is 26.1 Å². The van der Waals surface area contributed by atoms with Crippen LogP contribution >= 0.6 is 0 Å². The van der Waals surface area contributed by atoms with E-state index in [9.17, 15) is 5.11 Å². The fraction of sp³-hybridized carbons (Fsp3) is 1.00. The van der Waals surface area contributed by atoms with Gasteiger partial charge in [0.05, 0.1) is 6.61 Å². The molecule has 0 aliphatic heterocycles. The molecule has 0 amide bonds. The molecule has 2 heteroatoms. The van der Waals surface area contributed by atoms with Gasteiger partial charge in [0.25, 0.3) is 0 Å². The summed E-state index contributed by atoms with van der Waals surface area (Å²) >= 11 is 0. The number of unbranched alkanes of at least 4 members (excludes halogenated alkanes) is 7. The molecule has 0 aromatic carbocycles. The van der Waals surface area contributed by atoms with Crippen molar-refractivity contribution in [3.8, 4) is 0 Å². The number of hydrogen-bond donors (Lipinski definition) is 0. The number of ether oxygens (including phenoxy) is 1. The maximum absolute atomic E-state index is 10.2. The molecule has 0 saturated heterocycles. The third-order valence-corrected chi connectivity index (χ3v) is 2.58. The molecule has 0 aliphatic carbocycles. The van der Waals surface area contributed by atoms with Crippen molar-refractivity contribution in [2.24, 2.45) is 0 Å². The molecule has 0 aromatic heterocycles. The van der Waals surface area contributed by atoms with Crippen LogP contribution in [0.25, 0.3) is 0 Å². The molecule has 0 saturated carbocycles. The molecule has 0 fully saturated rings. The highest BCUT2D eigenvalue weighted by Crippen LogP contribution is 2.05. The van der Waals surface area contributed by atoms with E-state index in [1.54, 1.807) is 0 Å². The van der Waals surface area contributed by atoms with Gasteiger partial charge in [0, 0.05) is 13.2 Å². The van der Waals surface area contributed by atoms with Gasteiger partial charge in [-0.1, -0.05) is 45.4 Å². The van der Waals surface area contributed by atoms with Crippen molar-refractivity contribution < 1.29 is 9.84 Å². The fourth-order valence-corrected chi connectivity index (χ4v) is 1.57. The monoisotopic (exact) mass is 215 g/mol. The van der Waals surface area contributed by atoms with E-state index in [-0.39, 0.29) is 6.61 Å². The largest absolute Gasteiger partial charge is 0.381 e. The molecule has 0 rings (SSSR count). The molecule has 91 valence electrons. The van der Waals surface area contributed by atoms with Crippen LogP contribution < -0.4 is 0 Å². The van der Waals surface area contributed by atoms with Gasteiger partial charge >= 0.3 is 0 Å². The molecule has 2 nitrogen and oxygen atoms in total. The van der Waals surface area contributed by atoms with Crippen LogP contribution in [0.3, 0.4) is 0 Å². The Bertz CT molecular complexity index is 92.7. The summed E-state index contributed by atoms with van der Waals surface area (Å²) in [4.78, 5) is 0. The predicted octanol–water partition coefficient (Wildman–Crippen LogP) is 3.96. The minimum Gasteiger partial charge on any atom is -0.381 e. The summed E-state index contributed by atoms with van der Waals surface area (Å²) in [6, 6.07) is 0. The minimum atomic E-state index is 0.0978. The second kappa shape index (κ2) is 13.9. The quantitative estimate of drug-likeness (QED) is 0.453. The third kappa shape index (κ3) is 13.9. The summed E-state index contributed by atoms with van der Waals surface area (Å²) in [6.07, 6.45) is 10.7. The number of rotatable bonds is 12. The van der Waals surface area contributed by atoms with E-state index in [0.29, 0.717) is 0 Å². The molecule has 0 spiro atoms. The van der Waals surface area contributed by atoms with E-state index in [1.165, 1.54) is 44.9 Å². The van der Waals surface area contributed by atoms with Crippen LogP contribution in [0.5, 0.6) is 0 Å². The highest BCUT2D eigenvalue weighted by atomic mass is 16.5. The van der Waals surface area contributed by atoms with Gasteiger partial charge in [-0.3, -0.25) is 0 Å². The maximum Gasteiger partial charge on any atom is 0.0822 e. The zero-order chi connectivity index (χ0) is 11.2. The first-order valence-corrected chi connectivity index (χ1v) is 6.57. The Kier molecular flexibility index (Phi) is 13.8. The van der Waals surface area contributed by atoms with Crippen molar-refractivity contribution in [2.75, 3.05) is 19.8 Å². The summed E-state index contributed by atoms with van der Waals surface area (Å²) in [5.74, 6) is 0. The minimum absolute atomic E-state index is 0.0978. The predicted molar refractivity (Wildman–Crippen MR) is 63.6 cm³/mol. The Morgan fingerprint density at radius 2 is 1.27 bits per heavy atom. The molecule has 0 atom stereocenters. The average molecular weight is 215 g/mol. The van der Waals surface area contributed by atoms with E-state index in [1.807, 2.05) is 0 Å². The van der Waals surface area contributed by atoms with E-state index in [4.69, 9.17) is 4.74 Å². The molecule has 0 bridgehead atoms. The Labute approximate surface area is 95.0 Å². The van der Waals surface area contributed by atoms with Gasteiger partial charge in [0.15, 0.2) is 0 Å². The van der Waals surface area contributed by atoms with Crippen molar-refractivity contribution in [3.05, 3.63) is 0 Å². The molecule has 15 heavy (non-hydrogen) atoms. The standard InChI is InChI=1S/C13H27O2/c1-2-3-9-12-15-13-10-7-5-4-6-8-11-14/h2-13H2,1H3. The SMILES string of the molecule is CCCCCOCCCCCCCC[O].